The van der Waals surface area contributed by atoms with Crippen molar-refractivity contribution in [1.29, 1.82) is 0 Å². The van der Waals surface area contributed by atoms with Gasteiger partial charge in [-0.3, -0.25) is 0 Å². The molecule has 0 spiro atoms. The minimum absolute atomic E-state index is 0.314. The zero-order chi connectivity index (χ0) is 15.7. The fourth-order valence-corrected chi connectivity index (χ4v) is 3.01. The fourth-order valence-electron chi connectivity index (χ4n) is 3.01. The van der Waals surface area contributed by atoms with E-state index in [1.807, 2.05) is 12.1 Å². The molecular formula is C19H19NO2. The highest BCUT2D eigenvalue weighted by Gasteiger charge is 2.13. The number of carbonyl (C=O) groups is 1. The Morgan fingerprint density at radius 1 is 1.14 bits per heavy atom. The molecule has 3 aromatic rings. The predicted molar refractivity (Wildman–Crippen MR) is 89.3 cm³/mol. The van der Waals surface area contributed by atoms with E-state index in [0.717, 1.165) is 29.3 Å². The highest BCUT2D eigenvalue weighted by molar-refractivity contribution is 5.96. The summed E-state index contributed by atoms with van der Waals surface area (Å²) in [4.78, 5) is 11.3. The molecule has 0 aliphatic carbocycles. The summed E-state index contributed by atoms with van der Waals surface area (Å²) in [7, 11) is 1.79. The van der Waals surface area contributed by atoms with E-state index >= 15 is 0 Å². The van der Waals surface area contributed by atoms with Crippen molar-refractivity contribution in [2.45, 2.75) is 19.8 Å². The maximum atomic E-state index is 11.3. The van der Waals surface area contributed by atoms with Gasteiger partial charge in [-0.25, -0.2) is 4.79 Å². The molecule has 3 nitrogen and oxygen atoms in total. The van der Waals surface area contributed by atoms with E-state index < -0.39 is 5.97 Å². The lowest BCUT2D eigenvalue weighted by Crippen LogP contribution is -2.03. The first-order valence-electron chi connectivity index (χ1n) is 7.53. The predicted octanol–water partition coefficient (Wildman–Crippen LogP) is 4.50. The second-order valence-corrected chi connectivity index (χ2v) is 5.57. The summed E-state index contributed by atoms with van der Waals surface area (Å²) in [6.07, 6.45) is 2.15. The van der Waals surface area contributed by atoms with Gasteiger partial charge < -0.3 is 9.67 Å². The molecule has 0 unspecified atom stereocenters. The van der Waals surface area contributed by atoms with E-state index in [0.29, 0.717) is 5.69 Å². The Hall–Kier alpha value is -2.55. The van der Waals surface area contributed by atoms with Gasteiger partial charge in [-0.05, 0) is 41.3 Å². The van der Waals surface area contributed by atoms with Gasteiger partial charge in [0.2, 0.25) is 0 Å². The van der Waals surface area contributed by atoms with Crippen LogP contribution in [0.5, 0.6) is 0 Å². The van der Waals surface area contributed by atoms with Crippen molar-refractivity contribution in [2.24, 2.45) is 7.05 Å². The van der Waals surface area contributed by atoms with E-state index in [1.54, 1.807) is 17.7 Å². The standard InChI is InChI=1S/C19H19NO2/c1-3-6-13-7-4-5-8-16(13)14-9-10-17-15(11-14)12-18(19(21)22)20(17)2/h4-5,7-12H,3,6H2,1-2H3,(H,21,22). The van der Waals surface area contributed by atoms with Crippen molar-refractivity contribution < 1.29 is 9.90 Å². The maximum Gasteiger partial charge on any atom is 0.352 e. The smallest absolute Gasteiger partial charge is 0.352 e. The van der Waals surface area contributed by atoms with Crippen LogP contribution in [0.1, 0.15) is 29.4 Å². The summed E-state index contributed by atoms with van der Waals surface area (Å²) in [5, 5.41) is 10.2. The van der Waals surface area contributed by atoms with Gasteiger partial charge in [0, 0.05) is 18.0 Å². The Kier molecular flexibility index (Phi) is 3.72. The summed E-state index contributed by atoms with van der Waals surface area (Å²) in [6, 6.07) is 16.3. The third-order valence-electron chi connectivity index (χ3n) is 4.11. The lowest BCUT2D eigenvalue weighted by Gasteiger charge is -2.09. The molecule has 0 saturated heterocycles. The van der Waals surface area contributed by atoms with Gasteiger partial charge in [0.1, 0.15) is 5.69 Å². The van der Waals surface area contributed by atoms with Crippen molar-refractivity contribution in [2.75, 3.05) is 0 Å². The molecule has 0 fully saturated rings. The zero-order valence-electron chi connectivity index (χ0n) is 12.8. The number of hydrogen-bond acceptors (Lipinski definition) is 1. The van der Waals surface area contributed by atoms with E-state index in [2.05, 4.69) is 37.3 Å². The summed E-state index contributed by atoms with van der Waals surface area (Å²) in [6.45, 7) is 2.18. The molecule has 3 rings (SSSR count). The summed E-state index contributed by atoms with van der Waals surface area (Å²) < 4.78 is 1.72. The van der Waals surface area contributed by atoms with Crippen LogP contribution in [0.2, 0.25) is 0 Å². The number of carboxylic acid groups (broad SMARTS) is 1. The largest absolute Gasteiger partial charge is 0.477 e. The van der Waals surface area contributed by atoms with Crippen LogP contribution < -0.4 is 0 Å². The van der Waals surface area contributed by atoms with Gasteiger partial charge in [-0.15, -0.1) is 0 Å². The van der Waals surface area contributed by atoms with Crippen molar-refractivity contribution in [3.63, 3.8) is 0 Å². The summed E-state index contributed by atoms with van der Waals surface area (Å²) >= 11 is 0. The molecule has 0 atom stereocenters. The number of fused-ring (bicyclic) bond motifs is 1. The molecule has 22 heavy (non-hydrogen) atoms. The molecule has 3 heteroatoms. The Bertz CT molecular complexity index is 846. The van der Waals surface area contributed by atoms with Crippen LogP contribution in [0.25, 0.3) is 22.0 Å². The van der Waals surface area contributed by atoms with Crippen molar-refractivity contribution >= 4 is 16.9 Å². The molecule has 0 saturated carbocycles. The van der Waals surface area contributed by atoms with Crippen LogP contribution in [-0.4, -0.2) is 15.6 Å². The molecule has 112 valence electrons. The topological polar surface area (TPSA) is 42.2 Å². The number of aromatic carboxylic acids is 1. The first kappa shape index (κ1) is 14.4. The van der Waals surface area contributed by atoms with Crippen LogP contribution in [0.4, 0.5) is 0 Å². The van der Waals surface area contributed by atoms with Crippen LogP contribution in [0, 0.1) is 0 Å². The summed E-state index contributed by atoms with van der Waals surface area (Å²) in [5.41, 5.74) is 4.95. The molecule has 0 amide bonds. The average Bonchev–Trinajstić information content (AvgIpc) is 2.85. The Labute approximate surface area is 129 Å². The molecule has 2 aromatic carbocycles. The molecule has 0 bridgehead atoms. The van der Waals surface area contributed by atoms with Crippen LogP contribution in [0.15, 0.2) is 48.5 Å². The minimum Gasteiger partial charge on any atom is -0.477 e. The molecule has 1 heterocycles. The van der Waals surface area contributed by atoms with Crippen molar-refractivity contribution in [3.05, 3.63) is 59.8 Å². The van der Waals surface area contributed by atoms with E-state index in [-0.39, 0.29) is 0 Å². The quantitative estimate of drug-likeness (QED) is 0.769. The second-order valence-electron chi connectivity index (χ2n) is 5.57. The normalized spacial score (nSPS) is 11.0. The molecule has 0 aliphatic heterocycles. The number of aryl methyl sites for hydroxylation is 2. The number of aromatic nitrogens is 1. The molecule has 0 aliphatic rings. The number of benzene rings is 2. The van der Waals surface area contributed by atoms with Gasteiger partial charge in [0.15, 0.2) is 0 Å². The third kappa shape index (κ3) is 2.39. The highest BCUT2D eigenvalue weighted by Crippen LogP contribution is 2.29. The van der Waals surface area contributed by atoms with Crippen molar-refractivity contribution in [3.8, 4) is 11.1 Å². The number of rotatable bonds is 4. The number of hydrogen-bond donors (Lipinski definition) is 1. The van der Waals surface area contributed by atoms with Crippen molar-refractivity contribution in [1.82, 2.24) is 4.57 Å². The number of nitrogens with zero attached hydrogens (tertiary/aromatic N) is 1. The van der Waals surface area contributed by atoms with Crippen LogP contribution >= 0.6 is 0 Å². The zero-order valence-corrected chi connectivity index (χ0v) is 12.8. The maximum absolute atomic E-state index is 11.3. The first-order chi connectivity index (χ1) is 10.6. The van der Waals surface area contributed by atoms with Gasteiger partial charge >= 0.3 is 5.97 Å². The lowest BCUT2D eigenvalue weighted by molar-refractivity contribution is 0.0687. The Morgan fingerprint density at radius 2 is 1.91 bits per heavy atom. The fraction of sp³-hybridized carbons (Fsp3) is 0.211. The molecule has 1 aromatic heterocycles. The van der Waals surface area contributed by atoms with Gasteiger partial charge in [0.05, 0.1) is 0 Å². The second kappa shape index (κ2) is 5.68. The average molecular weight is 293 g/mol. The van der Waals surface area contributed by atoms with Gasteiger partial charge in [0.25, 0.3) is 0 Å². The number of carboxylic acids is 1. The molecular weight excluding hydrogens is 274 g/mol. The van der Waals surface area contributed by atoms with Gasteiger partial charge in [-0.1, -0.05) is 43.7 Å². The van der Waals surface area contributed by atoms with E-state index in [9.17, 15) is 9.90 Å². The highest BCUT2D eigenvalue weighted by atomic mass is 16.4. The lowest BCUT2D eigenvalue weighted by atomic mass is 9.96. The summed E-state index contributed by atoms with van der Waals surface area (Å²) in [5.74, 6) is -0.897. The SMILES string of the molecule is CCCc1ccccc1-c1ccc2c(c1)cc(C(=O)O)n2C. The Morgan fingerprint density at radius 3 is 2.64 bits per heavy atom. The first-order valence-corrected chi connectivity index (χ1v) is 7.53. The van der Waals surface area contributed by atoms with E-state index in [1.165, 1.54) is 11.1 Å². The monoisotopic (exact) mass is 293 g/mol. The molecule has 1 N–H and O–H groups in total. The molecule has 0 radical (unpaired) electrons. The van der Waals surface area contributed by atoms with Crippen LogP contribution in [-0.2, 0) is 13.5 Å². The van der Waals surface area contributed by atoms with Crippen LogP contribution in [0.3, 0.4) is 0 Å². The Balaban J connectivity index is 2.15. The minimum atomic E-state index is -0.897. The van der Waals surface area contributed by atoms with E-state index in [4.69, 9.17) is 0 Å². The van der Waals surface area contributed by atoms with Gasteiger partial charge in [-0.2, -0.15) is 0 Å². The third-order valence-corrected chi connectivity index (χ3v) is 4.11.